The molecule has 3 aromatic rings. The molecular weight excluding hydrogens is 226 g/mol. The Balaban J connectivity index is 1.80. The Morgan fingerprint density at radius 3 is 2.89 bits per heavy atom. The number of nitrogens with zero attached hydrogens (tertiary/aromatic N) is 3. The molecule has 0 spiro atoms. The van der Waals surface area contributed by atoms with Crippen molar-refractivity contribution >= 4 is 16.9 Å². The molecule has 0 aliphatic carbocycles. The number of anilines is 1. The van der Waals surface area contributed by atoms with Crippen LogP contribution in [0.2, 0.25) is 0 Å². The number of imidazole rings is 1. The fourth-order valence-electron chi connectivity index (χ4n) is 1.50. The van der Waals surface area contributed by atoms with Crippen molar-refractivity contribution < 1.29 is 0 Å². The molecule has 0 unspecified atom stereocenters. The lowest BCUT2D eigenvalue weighted by atomic mass is 10.3. The van der Waals surface area contributed by atoms with Crippen molar-refractivity contribution in [2.45, 2.75) is 0 Å². The lowest BCUT2D eigenvalue weighted by molar-refractivity contribution is 1.04. The van der Waals surface area contributed by atoms with Gasteiger partial charge in [0.05, 0.1) is 11.8 Å². The molecule has 2 heterocycles. The summed E-state index contributed by atoms with van der Waals surface area (Å²) in [4.78, 5) is 6.96. The molecule has 5 heteroatoms. The van der Waals surface area contributed by atoms with Crippen molar-refractivity contribution in [3.8, 4) is 12.0 Å². The van der Waals surface area contributed by atoms with Crippen molar-refractivity contribution in [1.82, 2.24) is 20.2 Å². The van der Waals surface area contributed by atoms with Gasteiger partial charge < -0.3 is 10.3 Å². The maximum absolute atomic E-state index is 3.99. The van der Waals surface area contributed by atoms with E-state index in [-0.39, 0.29) is 0 Å². The number of aromatic amines is 1. The Bertz CT molecular complexity index is 721. The normalized spacial score (nSPS) is 9.78. The van der Waals surface area contributed by atoms with E-state index in [1.54, 1.807) is 6.33 Å². The summed E-state index contributed by atoms with van der Waals surface area (Å²) in [6, 6.07) is 14.4. The molecule has 0 amide bonds. The Morgan fingerprint density at radius 1 is 1.11 bits per heavy atom. The van der Waals surface area contributed by atoms with E-state index in [2.05, 4.69) is 37.4 Å². The van der Waals surface area contributed by atoms with Crippen LogP contribution in [0.4, 0.5) is 5.69 Å². The number of aromatic nitrogens is 4. The van der Waals surface area contributed by atoms with E-state index in [0.29, 0.717) is 11.3 Å². The van der Waals surface area contributed by atoms with Gasteiger partial charge in [0, 0.05) is 17.8 Å². The van der Waals surface area contributed by atoms with Crippen LogP contribution in [0.5, 0.6) is 0 Å². The number of rotatable bonds is 1. The summed E-state index contributed by atoms with van der Waals surface area (Å²) in [7, 11) is 0. The first-order chi connectivity index (χ1) is 8.92. The molecule has 2 aromatic heterocycles. The molecule has 0 aliphatic heterocycles. The smallest absolute Gasteiger partial charge is 0.199 e. The number of hydrogen-bond acceptors (Lipinski definition) is 4. The maximum Gasteiger partial charge on any atom is 0.199 e. The average molecular weight is 235 g/mol. The zero-order valence-corrected chi connectivity index (χ0v) is 9.38. The highest BCUT2D eigenvalue weighted by atomic mass is 15.1. The van der Waals surface area contributed by atoms with Gasteiger partial charge in [-0.25, -0.2) is 4.98 Å². The van der Waals surface area contributed by atoms with Crippen LogP contribution in [0.25, 0.3) is 11.2 Å². The van der Waals surface area contributed by atoms with E-state index >= 15 is 0 Å². The predicted molar refractivity (Wildman–Crippen MR) is 68.6 cm³/mol. The van der Waals surface area contributed by atoms with E-state index in [0.717, 1.165) is 11.2 Å². The molecule has 18 heavy (non-hydrogen) atoms. The molecule has 0 atom stereocenters. The summed E-state index contributed by atoms with van der Waals surface area (Å²) < 4.78 is 0. The average Bonchev–Trinajstić information content (AvgIpc) is 2.87. The summed E-state index contributed by atoms with van der Waals surface area (Å²) in [6.07, 6.45) is 1.58. The fourth-order valence-corrected chi connectivity index (χ4v) is 1.50. The minimum atomic E-state index is 0.593. The molecule has 0 fully saturated rings. The van der Waals surface area contributed by atoms with Crippen LogP contribution in [0.15, 0.2) is 42.7 Å². The van der Waals surface area contributed by atoms with Gasteiger partial charge in [-0.15, -0.1) is 10.2 Å². The summed E-state index contributed by atoms with van der Waals surface area (Å²) in [5.74, 6) is 2.89. The maximum atomic E-state index is 3.99. The Morgan fingerprint density at radius 2 is 2.00 bits per heavy atom. The van der Waals surface area contributed by atoms with Gasteiger partial charge in [0.1, 0.15) is 5.69 Å². The molecule has 0 saturated heterocycles. The zero-order chi connectivity index (χ0) is 12.2. The van der Waals surface area contributed by atoms with Crippen molar-refractivity contribution in [2.24, 2.45) is 0 Å². The van der Waals surface area contributed by atoms with Crippen molar-refractivity contribution in [3.63, 3.8) is 0 Å². The lowest BCUT2D eigenvalue weighted by Crippen LogP contribution is -1.91. The van der Waals surface area contributed by atoms with Crippen LogP contribution in [0.3, 0.4) is 0 Å². The summed E-state index contributed by atoms with van der Waals surface area (Å²) in [6.45, 7) is 0. The lowest BCUT2D eigenvalue weighted by Gasteiger charge is -1.95. The molecular formula is C13H9N5. The van der Waals surface area contributed by atoms with Crippen LogP contribution in [-0.4, -0.2) is 20.2 Å². The molecule has 5 nitrogen and oxygen atoms in total. The molecule has 0 radical (unpaired) electrons. The number of hydrogen-bond donors (Lipinski definition) is 2. The van der Waals surface area contributed by atoms with Gasteiger partial charge in [-0.2, -0.15) is 0 Å². The first-order valence-corrected chi connectivity index (χ1v) is 5.41. The molecule has 0 aliphatic rings. The van der Waals surface area contributed by atoms with Gasteiger partial charge in [0.15, 0.2) is 5.65 Å². The van der Waals surface area contributed by atoms with Crippen LogP contribution >= 0.6 is 0 Å². The largest absolute Gasteiger partial charge is 0.343 e. The standard InChI is InChI=1S/C13H9N5/c1-2-4-10(5-3-1)14-7-6-11-8-12-13(18-17-11)16-9-15-12/h1-5,8-9,14H,(H,15,16,18). The second-order valence-electron chi connectivity index (χ2n) is 3.61. The quantitative estimate of drug-likeness (QED) is 0.498. The van der Waals surface area contributed by atoms with Crippen LogP contribution in [0, 0.1) is 12.0 Å². The monoisotopic (exact) mass is 235 g/mol. The Kier molecular flexibility index (Phi) is 2.60. The summed E-state index contributed by atoms with van der Waals surface area (Å²) in [5.41, 5.74) is 2.96. The van der Waals surface area contributed by atoms with Crippen molar-refractivity contribution in [3.05, 3.63) is 48.4 Å². The number of fused-ring (bicyclic) bond motifs is 1. The topological polar surface area (TPSA) is 66.5 Å². The summed E-state index contributed by atoms with van der Waals surface area (Å²) in [5, 5.41) is 10.9. The number of para-hydroxylation sites is 1. The zero-order valence-electron chi connectivity index (χ0n) is 9.38. The highest BCUT2D eigenvalue weighted by Crippen LogP contribution is 2.05. The van der Waals surface area contributed by atoms with Crippen LogP contribution in [0.1, 0.15) is 5.69 Å². The summed E-state index contributed by atoms with van der Waals surface area (Å²) >= 11 is 0. The van der Waals surface area contributed by atoms with Gasteiger partial charge in [0.25, 0.3) is 0 Å². The van der Waals surface area contributed by atoms with Gasteiger partial charge in [-0.1, -0.05) is 18.2 Å². The first kappa shape index (κ1) is 10.3. The van der Waals surface area contributed by atoms with E-state index in [1.807, 2.05) is 36.4 Å². The van der Waals surface area contributed by atoms with Gasteiger partial charge >= 0.3 is 0 Å². The SMILES string of the molecule is C(#Cc1cc2[nH]cnc2nn1)Nc1ccccc1. The minimum absolute atomic E-state index is 0.593. The Hall–Kier alpha value is -2.87. The first-order valence-electron chi connectivity index (χ1n) is 5.41. The van der Waals surface area contributed by atoms with Crippen LogP contribution < -0.4 is 5.32 Å². The molecule has 3 rings (SSSR count). The number of benzene rings is 1. The highest BCUT2D eigenvalue weighted by molar-refractivity contribution is 5.70. The van der Waals surface area contributed by atoms with Crippen molar-refractivity contribution in [2.75, 3.05) is 5.32 Å². The van der Waals surface area contributed by atoms with Crippen LogP contribution in [-0.2, 0) is 0 Å². The fraction of sp³-hybridized carbons (Fsp3) is 0. The second kappa shape index (κ2) is 4.55. The Labute approximate surface area is 103 Å². The van der Waals surface area contributed by atoms with E-state index in [9.17, 15) is 0 Å². The molecule has 1 aromatic carbocycles. The molecule has 2 N–H and O–H groups in total. The van der Waals surface area contributed by atoms with Gasteiger partial charge in [-0.05, 0) is 18.1 Å². The highest BCUT2D eigenvalue weighted by Gasteiger charge is 1.98. The van der Waals surface area contributed by atoms with Crippen molar-refractivity contribution in [1.29, 1.82) is 0 Å². The number of H-pyrrole nitrogens is 1. The third-order valence-electron chi connectivity index (χ3n) is 2.35. The molecule has 86 valence electrons. The van der Waals surface area contributed by atoms with E-state index < -0.39 is 0 Å². The predicted octanol–water partition coefficient (Wildman–Crippen LogP) is 1.77. The second-order valence-corrected chi connectivity index (χ2v) is 3.61. The molecule has 0 saturated carbocycles. The third kappa shape index (κ3) is 2.13. The van der Waals surface area contributed by atoms with E-state index in [1.165, 1.54) is 0 Å². The number of nitrogens with one attached hydrogen (secondary N) is 2. The minimum Gasteiger partial charge on any atom is -0.343 e. The molecule has 0 bridgehead atoms. The van der Waals surface area contributed by atoms with Gasteiger partial charge in [-0.3, -0.25) is 0 Å². The van der Waals surface area contributed by atoms with Gasteiger partial charge in [0.2, 0.25) is 0 Å². The third-order valence-corrected chi connectivity index (χ3v) is 2.35. The van der Waals surface area contributed by atoms with E-state index in [4.69, 9.17) is 0 Å².